The Hall–Kier alpha value is -2.59. The number of aromatic nitrogens is 3. The third-order valence-electron chi connectivity index (χ3n) is 4.62. The van der Waals surface area contributed by atoms with Gasteiger partial charge in [0.25, 0.3) is 0 Å². The average molecular weight is 359 g/mol. The van der Waals surface area contributed by atoms with Crippen molar-refractivity contribution in [1.82, 2.24) is 14.6 Å². The van der Waals surface area contributed by atoms with E-state index in [-0.39, 0.29) is 0 Å². The Bertz CT molecular complexity index is 1080. The summed E-state index contributed by atoms with van der Waals surface area (Å²) in [7, 11) is 0. The highest BCUT2D eigenvalue weighted by Gasteiger charge is 2.10. The van der Waals surface area contributed by atoms with Crippen molar-refractivity contribution in [2.24, 2.45) is 0 Å². The lowest BCUT2D eigenvalue weighted by Crippen LogP contribution is -1.91. The van der Waals surface area contributed by atoms with Crippen LogP contribution in [0.15, 0.2) is 66.0 Å². The van der Waals surface area contributed by atoms with E-state index in [4.69, 9.17) is 5.10 Å². The third-order valence-corrected chi connectivity index (χ3v) is 5.68. The van der Waals surface area contributed by atoms with Gasteiger partial charge in [0.05, 0.1) is 11.2 Å². The standard InChI is InChI=1S/C22H21N3S/c1-15-5-4-6-18(11-15)14-26-22-21-13-20(24-25(21)10-9-23-22)19-8-7-16(2)17(3)12-19/h4-13H,14H2,1-3H3. The van der Waals surface area contributed by atoms with E-state index >= 15 is 0 Å². The number of hydrogen-bond donors (Lipinski definition) is 0. The van der Waals surface area contributed by atoms with Crippen LogP contribution in [0.5, 0.6) is 0 Å². The Kier molecular flexibility index (Phi) is 4.51. The number of aryl methyl sites for hydroxylation is 3. The second-order valence-electron chi connectivity index (χ2n) is 6.67. The molecule has 4 aromatic rings. The molecule has 0 aliphatic carbocycles. The Morgan fingerprint density at radius 2 is 1.85 bits per heavy atom. The van der Waals surface area contributed by atoms with Gasteiger partial charge < -0.3 is 0 Å². The molecule has 0 aliphatic rings. The van der Waals surface area contributed by atoms with Gasteiger partial charge in [-0.2, -0.15) is 5.10 Å². The van der Waals surface area contributed by atoms with Crippen LogP contribution in [0, 0.1) is 20.8 Å². The van der Waals surface area contributed by atoms with Gasteiger partial charge >= 0.3 is 0 Å². The minimum absolute atomic E-state index is 0.901. The van der Waals surface area contributed by atoms with E-state index in [1.54, 1.807) is 11.8 Å². The van der Waals surface area contributed by atoms with Crippen molar-refractivity contribution >= 4 is 17.3 Å². The quantitative estimate of drug-likeness (QED) is 0.443. The number of thioether (sulfide) groups is 1. The van der Waals surface area contributed by atoms with Crippen molar-refractivity contribution in [3.63, 3.8) is 0 Å². The van der Waals surface area contributed by atoms with Gasteiger partial charge in [-0.3, -0.25) is 0 Å². The summed E-state index contributed by atoms with van der Waals surface area (Å²) in [5.74, 6) is 0.901. The van der Waals surface area contributed by atoms with Crippen molar-refractivity contribution in [1.29, 1.82) is 0 Å². The predicted molar refractivity (Wildman–Crippen MR) is 109 cm³/mol. The molecule has 2 aromatic carbocycles. The highest BCUT2D eigenvalue weighted by molar-refractivity contribution is 7.98. The fourth-order valence-corrected chi connectivity index (χ4v) is 3.92. The van der Waals surface area contributed by atoms with Crippen LogP contribution < -0.4 is 0 Å². The first-order valence-corrected chi connectivity index (χ1v) is 9.69. The summed E-state index contributed by atoms with van der Waals surface area (Å²) in [6, 6.07) is 17.2. The molecule has 0 N–H and O–H groups in total. The summed E-state index contributed by atoms with van der Waals surface area (Å²) in [5.41, 5.74) is 8.37. The van der Waals surface area contributed by atoms with Gasteiger partial charge in [-0.25, -0.2) is 9.50 Å². The number of hydrogen-bond acceptors (Lipinski definition) is 3. The molecule has 0 radical (unpaired) electrons. The Morgan fingerprint density at radius 1 is 0.962 bits per heavy atom. The van der Waals surface area contributed by atoms with E-state index in [1.807, 2.05) is 16.9 Å². The van der Waals surface area contributed by atoms with Crippen LogP contribution >= 0.6 is 11.8 Å². The smallest absolute Gasteiger partial charge is 0.122 e. The molecule has 0 saturated heterocycles. The summed E-state index contributed by atoms with van der Waals surface area (Å²) in [6.45, 7) is 6.39. The molecule has 3 nitrogen and oxygen atoms in total. The van der Waals surface area contributed by atoms with Crippen LogP contribution in [-0.2, 0) is 5.75 Å². The zero-order chi connectivity index (χ0) is 18.1. The average Bonchev–Trinajstić information content (AvgIpc) is 3.07. The molecule has 26 heavy (non-hydrogen) atoms. The predicted octanol–water partition coefficient (Wildman–Crippen LogP) is 5.61. The number of benzene rings is 2. The van der Waals surface area contributed by atoms with Gasteiger partial charge in [-0.05, 0) is 49.6 Å². The highest BCUT2D eigenvalue weighted by atomic mass is 32.2. The van der Waals surface area contributed by atoms with Gasteiger partial charge in [0.1, 0.15) is 5.03 Å². The molecule has 4 heteroatoms. The zero-order valence-electron chi connectivity index (χ0n) is 15.2. The van der Waals surface area contributed by atoms with Gasteiger partial charge in [0.2, 0.25) is 0 Å². The van der Waals surface area contributed by atoms with E-state index < -0.39 is 0 Å². The Morgan fingerprint density at radius 3 is 2.65 bits per heavy atom. The minimum atomic E-state index is 0.901. The SMILES string of the molecule is Cc1cccc(CSc2nccn3nc(-c4ccc(C)c(C)c4)cc23)c1. The van der Waals surface area contributed by atoms with Crippen LogP contribution in [0.4, 0.5) is 0 Å². The first kappa shape index (κ1) is 16.9. The second kappa shape index (κ2) is 6.96. The summed E-state index contributed by atoms with van der Waals surface area (Å²) >= 11 is 1.75. The van der Waals surface area contributed by atoms with Gasteiger partial charge in [-0.1, -0.05) is 53.7 Å². The fraction of sp³-hybridized carbons (Fsp3) is 0.182. The lowest BCUT2D eigenvalue weighted by atomic mass is 10.0. The van der Waals surface area contributed by atoms with Gasteiger partial charge in [0.15, 0.2) is 0 Å². The molecule has 0 aliphatic heterocycles. The van der Waals surface area contributed by atoms with Crippen molar-refractivity contribution in [2.75, 3.05) is 0 Å². The maximum absolute atomic E-state index is 4.75. The van der Waals surface area contributed by atoms with E-state index in [2.05, 4.69) is 74.3 Å². The molecular formula is C22H21N3S. The van der Waals surface area contributed by atoms with Crippen LogP contribution in [0.3, 0.4) is 0 Å². The molecule has 0 fully saturated rings. The maximum Gasteiger partial charge on any atom is 0.122 e. The third kappa shape index (κ3) is 3.37. The van der Waals surface area contributed by atoms with Crippen LogP contribution in [-0.4, -0.2) is 14.6 Å². The lowest BCUT2D eigenvalue weighted by molar-refractivity contribution is 0.920. The summed E-state index contributed by atoms with van der Waals surface area (Å²) < 4.78 is 1.93. The Labute approximate surface area is 158 Å². The Balaban J connectivity index is 1.66. The zero-order valence-corrected chi connectivity index (χ0v) is 16.0. The molecule has 0 unspecified atom stereocenters. The lowest BCUT2D eigenvalue weighted by Gasteiger charge is -2.04. The van der Waals surface area contributed by atoms with E-state index in [0.717, 1.165) is 27.6 Å². The summed E-state index contributed by atoms with van der Waals surface area (Å²) in [6.07, 6.45) is 3.74. The fourth-order valence-electron chi connectivity index (χ4n) is 3.00. The molecular weight excluding hydrogens is 338 g/mol. The molecule has 2 aromatic heterocycles. The number of fused-ring (bicyclic) bond motifs is 1. The minimum Gasteiger partial charge on any atom is -0.246 e. The maximum atomic E-state index is 4.75. The highest BCUT2D eigenvalue weighted by Crippen LogP contribution is 2.29. The van der Waals surface area contributed by atoms with Crippen molar-refractivity contribution < 1.29 is 0 Å². The van der Waals surface area contributed by atoms with Crippen LogP contribution in [0.25, 0.3) is 16.8 Å². The molecule has 0 saturated carbocycles. The molecule has 4 rings (SSSR count). The number of nitrogens with zero attached hydrogens (tertiary/aromatic N) is 3. The molecule has 2 heterocycles. The van der Waals surface area contributed by atoms with E-state index in [0.29, 0.717) is 0 Å². The molecule has 0 bridgehead atoms. The monoisotopic (exact) mass is 359 g/mol. The first-order valence-electron chi connectivity index (χ1n) is 8.70. The number of rotatable bonds is 4. The van der Waals surface area contributed by atoms with Crippen molar-refractivity contribution in [3.8, 4) is 11.3 Å². The first-order chi connectivity index (χ1) is 12.6. The molecule has 130 valence electrons. The summed E-state index contributed by atoms with van der Waals surface area (Å²) in [5, 5.41) is 5.76. The van der Waals surface area contributed by atoms with E-state index in [9.17, 15) is 0 Å². The van der Waals surface area contributed by atoms with Gasteiger partial charge in [-0.15, -0.1) is 0 Å². The molecule has 0 atom stereocenters. The largest absolute Gasteiger partial charge is 0.246 e. The van der Waals surface area contributed by atoms with Gasteiger partial charge in [0, 0.05) is 23.7 Å². The summed E-state index contributed by atoms with van der Waals surface area (Å²) in [4.78, 5) is 4.59. The molecule has 0 spiro atoms. The topological polar surface area (TPSA) is 30.2 Å². The second-order valence-corrected chi connectivity index (χ2v) is 7.63. The van der Waals surface area contributed by atoms with Crippen LogP contribution in [0.2, 0.25) is 0 Å². The normalized spacial score (nSPS) is 11.2. The van der Waals surface area contributed by atoms with Crippen LogP contribution in [0.1, 0.15) is 22.3 Å². The van der Waals surface area contributed by atoms with Crippen molar-refractivity contribution in [3.05, 3.63) is 83.2 Å². The van der Waals surface area contributed by atoms with E-state index in [1.165, 1.54) is 22.3 Å². The molecule has 0 amide bonds. The van der Waals surface area contributed by atoms with Crippen molar-refractivity contribution in [2.45, 2.75) is 31.6 Å².